The van der Waals surface area contributed by atoms with Crippen LogP contribution in [0.1, 0.15) is 23.6 Å². The van der Waals surface area contributed by atoms with Crippen molar-refractivity contribution in [1.29, 1.82) is 0 Å². The third-order valence-electron chi connectivity index (χ3n) is 5.32. The van der Waals surface area contributed by atoms with E-state index >= 15 is 0 Å². The summed E-state index contributed by atoms with van der Waals surface area (Å²) in [6, 6.07) is 16.8. The largest absolute Gasteiger partial charge is 0.494 e. The van der Waals surface area contributed by atoms with E-state index in [4.69, 9.17) is 14.2 Å². The molecule has 3 rings (SSSR count). The standard InChI is InChI=1S/C27H31N3O6S/c1-6-36-23-9-7-21(8-10-23)17-28-29-27(31)18-30(22-14-19(2)13-20(3)15-22)37(32,33)24-11-12-25(34-4)26(16-24)35-5/h7-17H,6,18H2,1-5H3,(H,29,31)/b28-17-. The van der Waals surface area contributed by atoms with E-state index in [1.54, 1.807) is 36.4 Å². The first kappa shape index (κ1) is 27.5. The zero-order chi connectivity index (χ0) is 27.0. The summed E-state index contributed by atoms with van der Waals surface area (Å²) in [7, 11) is -1.27. The normalized spacial score (nSPS) is 11.3. The van der Waals surface area contributed by atoms with Crippen LogP contribution < -0.4 is 23.9 Å². The summed E-state index contributed by atoms with van der Waals surface area (Å²) in [6.45, 7) is 5.70. The van der Waals surface area contributed by atoms with Crippen LogP contribution in [0.2, 0.25) is 0 Å². The molecule has 3 aromatic carbocycles. The zero-order valence-electron chi connectivity index (χ0n) is 21.5. The predicted molar refractivity (Wildman–Crippen MR) is 143 cm³/mol. The van der Waals surface area contributed by atoms with Crippen LogP contribution in [0.25, 0.3) is 0 Å². The second kappa shape index (κ2) is 12.3. The van der Waals surface area contributed by atoms with Gasteiger partial charge in [-0.2, -0.15) is 5.10 Å². The molecule has 0 saturated heterocycles. The highest BCUT2D eigenvalue weighted by Gasteiger charge is 2.28. The van der Waals surface area contributed by atoms with Crippen molar-refractivity contribution in [2.75, 3.05) is 31.7 Å². The second-order valence-corrected chi connectivity index (χ2v) is 10.0. The SMILES string of the molecule is CCOc1ccc(/C=N\NC(=O)CN(c2cc(C)cc(C)c2)S(=O)(=O)c2ccc(OC)c(OC)c2)cc1. The number of amides is 1. The minimum atomic E-state index is -4.16. The van der Waals surface area contributed by atoms with Crippen molar-refractivity contribution >= 4 is 27.8 Å². The molecule has 0 bridgehead atoms. The molecule has 0 saturated carbocycles. The van der Waals surface area contributed by atoms with Crippen molar-refractivity contribution in [1.82, 2.24) is 5.43 Å². The molecule has 9 nitrogen and oxygen atoms in total. The number of methoxy groups -OCH3 is 2. The van der Waals surface area contributed by atoms with Crippen LogP contribution in [0.5, 0.6) is 17.2 Å². The fraction of sp³-hybridized carbons (Fsp3) is 0.259. The topological polar surface area (TPSA) is 107 Å². The molecule has 1 N–H and O–H groups in total. The Morgan fingerprint density at radius 3 is 2.19 bits per heavy atom. The number of hydrogen-bond acceptors (Lipinski definition) is 7. The molecule has 0 aliphatic heterocycles. The number of hydrogen-bond donors (Lipinski definition) is 1. The summed E-state index contributed by atoms with van der Waals surface area (Å²) < 4.78 is 44.4. The number of ether oxygens (including phenoxy) is 3. The Morgan fingerprint density at radius 1 is 0.946 bits per heavy atom. The van der Waals surface area contributed by atoms with E-state index in [0.29, 0.717) is 18.0 Å². The molecule has 0 spiro atoms. The fourth-order valence-electron chi connectivity index (χ4n) is 3.68. The average molecular weight is 526 g/mol. The van der Waals surface area contributed by atoms with Crippen molar-refractivity contribution < 1.29 is 27.4 Å². The highest BCUT2D eigenvalue weighted by molar-refractivity contribution is 7.92. The first-order valence-electron chi connectivity index (χ1n) is 11.6. The Bertz CT molecular complexity index is 1350. The smallest absolute Gasteiger partial charge is 0.264 e. The third-order valence-corrected chi connectivity index (χ3v) is 7.09. The molecule has 0 radical (unpaired) electrons. The molecular formula is C27H31N3O6S. The lowest BCUT2D eigenvalue weighted by Crippen LogP contribution is -2.39. The van der Waals surface area contributed by atoms with Gasteiger partial charge >= 0.3 is 0 Å². The van der Waals surface area contributed by atoms with E-state index in [9.17, 15) is 13.2 Å². The average Bonchev–Trinajstić information content (AvgIpc) is 2.87. The predicted octanol–water partition coefficient (Wildman–Crippen LogP) is 4.06. The number of carbonyl (C=O) groups excluding carboxylic acids is 1. The third kappa shape index (κ3) is 7.01. The summed E-state index contributed by atoms with van der Waals surface area (Å²) in [6.07, 6.45) is 1.47. The van der Waals surface area contributed by atoms with Gasteiger partial charge in [-0.25, -0.2) is 13.8 Å². The van der Waals surface area contributed by atoms with E-state index in [1.165, 1.54) is 38.6 Å². The van der Waals surface area contributed by atoms with Gasteiger partial charge < -0.3 is 14.2 Å². The molecular weight excluding hydrogens is 494 g/mol. The molecule has 0 aromatic heterocycles. The number of benzene rings is 3. The molecule has 0 atom stereocenters. The van der Waals surface area contributed by atoms with Crippen LogP contribution in [0.15, 0.2) is 70.7 Å². The van der Waals surface area contributed by atoms with Gasteiger partial charge in [0, 0.05) is 6.07 Å². The maximum absolute atomic E-state index is 13.7. The molecule has 0 aliphatic rings. The van der Waals surface area contributed by atoms with Crippen LogP contribution in [0.3, 0.4) is 0 Å². The Labute approximate surface area is 217 Å². The quantitative estimate of drug-likeness (QED) is 0.299. The molecule has 0 aliphatic carbocycles. The van der Waals surface area contributed by atoms with Gasteiger partial charge in [0.15, 0.2) is 11.5 Å². The maximum atomic E-state index is 13.7. The van der Waals surface area contributed by atoms with E-state index in [-0.39, 0.29) is 10.6 Å². The highest BCUT2D eigenvalue weighted by Crippen LogP contribution is 2.32. The summed E-state index contributed by atoms with van der Waals surface area (Å²) in [5.74, 6) is 0.771. The number of nitrogens with zero attached hydrogens (tertiary/aromatic N) is 2. The Kier molecular flexibility index (Phi) is 9.13. The number of carbonyl (C=O) groups is 1. The van der Waals surface area contributed by atoms with E-state index in [2.05, 4.69) is 10.5 Å². The number of aryl methyl sites for hydroxylation is 2. The van der Waals surface area contributed by atoms with Gasteiger partial charge in [-0.15, -0.1) is 0 Å². The van der Waals surface area contributed by atoms with Crippen molar-refractivity contribution in [3.8, 4) is 17.2 Å². The van der Waals surface area contributed by atoms with Crippen molar-refractivity contribution in [3.63, 3.8) is 0 Å². The first-order chi connectivity index (χ1) is 17.7. The molecule has 1 amide bonds. The number of anilines is 1. The fourth-order valence-corrected chi connectivity index (χ4v) is 5.10. The van der Waals surface area contributed by atoms with Crippen molar-refractivity contribution in [2.24, 2.45) is 5.10 Å². The maximum Gasteiger partial charge on any atom is 0.264 e. The van der Waals surface area contributed by atoms with E-state index in [1.807, 2.05) is 26.8 Å². The number of hydrazone groups is 1. The highest BCUT2D eigenvalue weighted by atomic mass is 32.2. The van der Waals surface area contributed by atoms with Gasteiger partial charge in [-0.05, 0) is 86.0 Å². The molecule has 37 heavy (non-hydrogen) atoms. The number of sulfonamides is 1. The zero-order valence-corrected chi connectivity index (χ0v) is 22.3. The van der Waals surface area contributed by atoms with Crippen LogP contribution in [0, 0.1) is 13.8 Å². The van der Waals surface area contributed by atoms with Gasteiger partial charge in [0.05, 0.1) is 37.6 Å². The Hall–Kier alpha value is -4.05. The summed E-state index contributed by atoms with van der Waals surface area (Å²) in [5, 5.41) is 3.98. The van der Waals surface area contributed by atoms with Gasteiger partial charge in [0.25, 0.3) is 15.9 Å². The minimum Gasteiger partial charge on any atom is -0.494 e. The molecule has 0 heterocycles. The van der Waals surface area contributed by atoms with Gasteiger partial charge in [-0.3, -0.25) is 9.10 Å². The Morgan fingerprint density at radius 2 is 1.59 bits per heavy atom. The van der Waals surface area contributed by atoms with Gasteiger partial charge in [0.1, 0.15) is 12.3 Å². The monoisotopic (exact) mass is 525 g/mol. The summed E-state index contributed by atoms with van der Waals surface area (Å²) in [5.41, 5.74) is 5.23. The second-order valence-electron chi connectivity index (χ2n) is 8.17. The molecule has 0 fully saturated rings. The molecule has 196 valence electrons. The van der Waals surface area contributed by atoms with Crippen LogP contribution in [-0.2, 0) is 14.8 Å². The number of nitrogens with one attached hydrogen (secondary N) is 1. The lowest BCUT2D eigenvalue weighted by Gasteiger charge is -2.25. The van der Waals surface area contributed by atoms with Gasteiger partial charge in [0.2, 0.25) is 0 Å². The van der Waals surface area contributed by atoms with Gasteiger partial charge in [-0.1, -0.05) is 6.07 Å². The van der Waals surface area contributed by atoms with Crippen LogP contribution >= 0.6 is 0 Å². The molecule has 3 aromatic rings. The lowest BCUT2D eigenvalue weighted by atomic mass is 10.1. The number of rotatable bonds is 11. The lowest BCUT2D eigenvalue weighted by molar-refractivity contribution is -0.119. The van der Waals surface area contributed by atoms with Crippen molar-refractivity contribution in [2.45, 2.75) is 25.7 Å². The molecule has 10 heteroatoms. The van der Waals surface area contributed by atoms with Crippen molar-refractivity contribution in [3.05, 3.63) is 77.4 Å². The van der Waals surface area contributed by atoms with E-state index < -0.39 is 22.5 Å². The van der Waals surface area contributed by atoms with E-state index in [0.717, 1.165) is 26.7 Å². The first-order valence-corrected chi connectivity index (χ1v) is 13.0. The minimum absolute atomic E-state index is 0.0463. The molecule has 0 unspecified atom stereocenters. The Balaban J connectivity index is 1.88. The summed E-state index contributed by atoms with van der Waals surface area (Å²) >= 11 is 0. The van der Waals surface area contributed by atoms with Crippen LogP contribution in [0.4, 0.5) is 5.69 Å². The van der Waals surface area contributed by atoms with Crippen LogP contribution in [-0.4, -0.2) is 47.9 Å². The summed E-state index contributed by atoms with van der Waals surface area (Å²) in [4.78, 5) is 12.8.